The standard InChI is InChI=1S/C17H32N2O4.K/c1-4-6-8-15(20)12-18-10-11-19(14(3)17(22)23)13-16(21)9-7-5-2;/h12-14,18,20-21H,4-11H2,1-3H3,(H,22,23);/q;+1/p-1/b15-12-,16-13-;. The SMILES string of the molecule is CCCC/C([O-])=C/NCCN(/C=C(\O)CCCC)C(C)C(=O)O.[K+]. The van der Waals surface area contributed by atoms with Crippen molar-refractivity contribution in [1.82, 2.24) is 10.2 Å². The van der Waals surface area contributed by atoms with E-state index in [2.05, 4.69) is 5.32 Å². The molecule has 0 aromatic rings. The summed E-state index contributed by atoms with van der Waals surface area (Å²) >= 11 is 0. The molecule has 0 amide bonds. The zero-order chi connectivity index (χ0) is 17.7. The van der Waals surface area contributed by atoms with Gasteiger partial charge in [-0.05, 0) is 26.0 Å². The summed E-state index contributed by atoms with van der Waals surface area (Å²) in [6.45, 7) is 6.46. The Morgan fingerprint density at radius 3 is 2.33 bits per heavy atom. The molecule has 1 atom stereocenters. The Morgan fingerprint density at radius 2 is 1.79 bits per heavy atom. The Kier molecular flexibility index (Phi) is 17.6. The molecule has 0 spiro atoms. The summed E-state index contributed by atoms with van der Waals surface area (Å²) in [5.41, 5.74) is 0. The monoisotopic (exact) mass is 366 g/mol. The van der Waals surface area contributed by atoms with Crippen LogP contribution in [0.25, 0.3) is 0 Å². The van der Waals surface area contributed by atoms with Gasteiger partial charge in [-0.1, -0.05) is 33.1 Å². The molecular formula is C17H31KN2O4. The van der Waals surface area contributed by atoms with Crippen LogP contribution in [0.1, 0.15) is 59.3 Å². The third-order valence-electron chi connectivity index (χ3n) is 3.51. The fourth-order valence-electron chi connectivity index (χ4n) is 1.93. The predicted octanol–water partition coefficient (Wildman–Crippen LogP) is -0.663. The molecule has 0 radical (unpaired) electrons. The van der Waals surface area contributed by atoms with Crippen molar-refractivity contribution in [2.45, 2.75) is 65.3 Å². The number of carboxylic acids is 1. The molecule has 6 nitrogen and oxygen atoms in total. The van der Waals surface area contributed by atoms with E-state index < -0.39 is 12.0 Å². The molecule has 24 heavy (non-hydrogen) atoms. The number of carbonyl (C=O) groups is 1. The molecule has 0 aromatic heterocycles. The Morgan fingerprint density at radius 1 is 1.21 bits per heavy atom. The van der Waals surface area contributed by atoms with Gasteiger partial charge >= 0.3 is 57.4 Å². The molecule has 1 unspecified atom stereocenters. The van der Waals surface area contributed by atoms with Gasteiger partial charge in [-0.2, -0.15) is 0 Å². The predicted molar refractivity (Wildman–Crippen MR) is 89.7 cm³/mol. The van der Waals surface area contributed by atoms with Crippen LogP contribution < -0.4 is 61.8 Å². The van der Waals surface area contributed by atoms with E-state index in [1.54, 1.807) is 11.8 Å². The fourth-order valence-corrected chi connectivity index (χ4v) is 1.93. The van der Waals surface area contributed by atoms with Crippen LogP contribution in [0, 0.1) is 0 Å². The second kappa shape index (κ2) is 16.3. The second-order valence-electron chi connectivity index (χ2n) is 5.64. The average molecular weight is 367 g/mol. The van der Waals surface area contributed by atoms with Gasteiger partial charge in [-0.3, -0.25) is 0 Å². The van der Waals surface area contributed by atoms with E-state index >= 15 is 0 Å². The maximum absolute atomic E-state index is 11.5. The number of nitrogens with one attached hydrogen (secondary N) is 1. The van der Waals surface area contributed by atoms with Crippen LogP contribution in [0.2, 0.25) is 0 Å². The van der Waals surface area contributed by atoms with E-state index in [4.69, 9.17) is 5.11 Å². The number of aliphatic hydroxyl groups excluding tert-OH is 1. The van der Waals surface area contributed by atoms with Crippen LogP contribution >= 0.6 is 0 Å². The third kappa shape index (κ3) is 13.1. The molecule has 0 saturated heterocycles. The van der Waals surface area contributed by atoms with Gasteiger partial charge < -0.3 is 25.5 Å². The van der Waals surface area contributed by atoms with E-state index in [-0.39, 0.29) is 62.9 Å². The van der Waals surface area contributed by atoms with E-state index in [0.29, 0.717) is 25.9 Å². The third-order valence-corrected chi connectivity index (χ3v) is 3.51. The quantitative estimate of drug-likeness (QED) is 0.227. The molecule has 0 bridgehead atoms. The van der Waals surface area contributed by atoms with Gasteiger partial charge in [0.25, 0.3) is 0 Å². The minimum atomic E-state index is -0.951. The molecule has 0 saturated carbocycles. The zero-order valence-corrected chi connectivity index (χ0v) is 18.7. The molecule has 0 aliphatic heterocycles. The maximum atomic E-state index is 11.5. The Bertz CT molecular complexity index is 400. The Balaban J connectivity index is 0. The number of hydrogen-bond acceptors (Lipinski definition) is 5. The molecule has 0 aromatic carbocycles. The van der Waals surface area contributed by atoms with E-state index in [0.717, 1.165) is 25.7 Å². The summed E-state index contributed by atoms with van der Waals surface area (Å²) in [5.74, 6) is -0.721. The summed E-state index contributed by atoms with van der Waals surface area (Å²) in [6, 6.07) is -0.739. The Hall–Kier alpha value is -0.214. The summed E-state index contributed by atoms with van der Waals surface area (Å²) in [7, 11) is 0. The number of allylic oxidation sites excluding steroid dienone is 2. The van der Waals surface area contributed by atoms with Gasteiger partial charge in [0.2, 0.25) is 0 Å². The molecule has 0 aliphatic carbocycles. The summed E-state index contributed by atoms with van der Waals surface area (Å²) < 4.78 is 0. The van der Waals surface area contributed by atoms with Crippen molar-refractivity contribution in [3.8, 4) is 0 Å². The maximum Gasteiger partial charge on any atom is 1.00 e. The molecule has 0 aliphatic rings. The van der Waals surface area contributed by atoms with E-state index in [1.807, 2.05) is 13.8 Å². The Labute approximate surface area is 188 Å². The number of unbranched alkanes of at least 4 members (excludes halogenated alkanes) is 2. The second-order valence-corrected chi connectivity index (χ2v) is 5.64. The van der Waals surface area contributed by atoms with Crippen LogP contribution in [0.3, 0.4) is 0 Å². The van der Waals surface area contributed by atoms with Crippen molar-refractivity contribution in [3.63, 3.8) is 0 Å². The number of rotatable bonds is 13. The summed E-state index contributed by atoms with van der Waals surface area (Å²) in [5, 5.41) is 33.4. The summed E-state index contributed by atoms with van der Waals surface area (Å²) in [4.78, 5) is 12.7. The molecule has 0 heterocycles. The van der Waals surface area contributed by atoms with Crippen LogP contribution in [0.4, 0.5) is 0 Å². The zero-order valence-electron chi connectivity index (χ0n) is 15.5. The molecule has 7 heteroatoms. The summed E-state index contributed by atoms with van der Waals surface area (Å²) in [6.07, 6.45) is 7.66. The van der Waals surface area contributed by atoms with Crippen LogP contribution in [0.5, 0.6) is 0 Å². The number of hydrogen-bond donors (Lipinski definition) is 3. The fraction of sp³-hybridized carbons (Fsp3) is 0.706. The minimum Gasteiger partial charge on any atom is -0.874 e. The van der Waals surface area contributed by atoms with Crippen LogP contribution in [-0.2, 0) is 4.79 Å². The largest absolute Gasteiger partial charge is 1.00 e. The smallest absolute Gasteiger partial charge is 0.874 e. The first-order valence-corrected chi connectivity index (χ1v) is 8.40. The topological polar surface area (TPSA) is 95.9 Å². The van der Waals surface area contributed by atoms with Gasteiger partial charge in [0.15, 0.2) is 0 Å². The number of aliphatic hydroxyl groups is 1. The van der Waals surface area contributed by atoms with Gasteiger partial charge in [-0.15, -0.1) is 5.76 Å². The first-order valence-electron chi connectivity index (χ1n) is 8.40. The van der Waals surface area contributed by atoms with Gasteiger partial charge in [-0.25, -0.2) is 4.79 Å². The number of carboxylic acid groups (broad SMARTS) is 1. The van der Waals surface area contributed by atoms with E-state index in [9.17, 15) is 15.0 Å². The van der Waals surface area contributed by atoms with Crippen LogP contribution in [-0.4, -0.2) is 40.2 Å². The first-order chi connectivity index (χ1) is 10.9. The van der Waals surface area contributed by atoms with Crippen molar-refractivity contribution in [3.05, 3.63) is 23.9 Å². The normalized spacial score (nSPS) is 13.1. The molecule has 134 valence electrons. The van der Waals surface area contributed by atoms with Crippen molar-refractivity contribution >= 4 is 5.97 Å². The van der Waals surface area contributed by atoms with Crippen molar-refractivity contribution < 1.29 is 71.5 Å². The van der Waals surface area contributed by atoms with Gasteiger partial charge in [0.05, 0.1) is 0 Å². The first kappa shape index (κ1) is 26.0. The number of aliphatic carboxylic acids is 1. The van der Waals surface area contributed by atoms with Crippen molar-refractivity contribution in [1.29, 1.82) is 0 Å². The van der Waals surface area contributed by atoms with Crippen LogP contribution in [0.15, 0.2) is 23.9 Å². The van der Waals surface area contributed by atoms with Gasteiger partial charge in [0.1, 0.15) is 11.8 Å². The number of nitrogens with zero attached hydrogens (tertiary/aromatic N) is 1. The molecule has 0 fully saturated rings. The average Bonchev–Trinajstić information content (AvgIpc) is 2.52. The van der Waals surface area contributed by atoms with Crippen molar-refractivity contribution in [2.24, 2.45) is 0 Å². The molecular weight excluding hydrogens is 335 g/mol. The van der Waals surface area contributed by atoms with Crippen molar-refractivity contribution in [2.75, 3.05) is 13.1 Å². The van der Waals surface area contributed by atoms with Gasteiger partial charge in [0, 0.05) is 25.7 Å². The van der Waals surface area contributed by atoms with E-state index in [1.165, 1.54) is 12.4 Å². The molecule has 3 N–H and O–H groups in total. The molecule has 0 rings (SSSR count). The minimum absolute atomic E-state index is 0.